The predicted octanol–water partition coefficient (Wildman–Crippen LogP) is 2.57. The average molecular weight is 393 g/mol. The summed E-state index contributed by atoms with van der Waals surface area (Å²) in [5.41, 5.74) is 5.16. The Bertz CT molecular complexity index is 997. The molecule has 3 rings (SSSR count). The normalized spacial score (nSPS) is 10.1. The van der Waals surface area contributed by atoms with Gasteiger partial charge in [-0.05, 0) is 49.4 Å². The van der Waals surface area contributed by atoms with E-state index in [1.165, 1.54) is 12.3 Å². The molecule has 0 bridgehead atoms. The van der Waals surface area contributed by atoms with Crippen LogP contribution < -0.4 is 20.9 Å². The van der Waals surface area contributed by atoms with Gasteiger partial charge in [-0.2, -0.15) is 0 Å². The molecule has 0 aliphatic carbocycles. The Balaban J connectivity index is 1.44. The molecule has 148 valence electrons. The average Bonchev–Trinajstić information content (AvgIpc) is 3.17. The molecule has 2 aromatic carbocycles. The zero-order valence-electron chi connectivity index (χ0n) is 15.6. The molecule has 0 aliphatic rings. The van der Waals surface area contributed by atoms with Crippen LogP contribution >= 0.6 is 0 Å². The van der Waals surface area contributed by atoms with Gasteiger partial charge in [0.2, 0.25) is 0 Å². The first-order valence-electron chi connectivity index (χ1n) is 8.77. The molecule has 0 fully saturated rings. The van der Waals surface area contributed by atoms with E-state index in [4.69, 9.17) is 9.15 Å². The van der Waals surface area contributed by atoms with E-state index < -0.39 is 17.7 Å². The van der Waals surface area contributed by atoms with Crippen LogP contribution in [0.3, 0.4) is 0 Å². The molecule has 3 amide bonds. The highest BCUT2D eigenvalue weighted by atomic mass is 16.5. The van der Waals surface area contributed by atoms with E-state index in [9.17, 15) is 14.4 Å². The Morgan fingerprint density at radius 3 is 2.21 bits per heavy atom. The van der Waals surface area contributed by atoms with Crippen LogP contribution in [0.5, 0.6) is 11.5 Å². The van der Waals surface area contributed by atoms with Crippen LogP contribution in [0, 0.1) is 6.92 Å². The minimum atomic E-state index is -0.572. The number of carbonyl (C=O) groups excluding carboxylic acids is 3. The summed E-state index contributed by atoms with van der Waals surface area (Å²) in [6, 6.07) is 17.3. The van der Waals surface area contributed by atoms with Gasteiger partial charge in [0.25, 0.3) is 17.7 Å². The first-order chi connectivity index (χ1) is 14.0. The number of hydrogen-bond donors (Lipinski definition) is 3. The van der Waals surface area contributed by atoms with Crippen LogP contribution in [-0.4, -0.2) is 24.3 Å². The second kappa shape index (κ2) is 9.23. The Kier molecular flexibility index (Phi) is 6.26. The third kappa shape index (κ3) is 5.46. The molecule has 0 unspecified atom stereocenters. The Hall–Kier alpha value is -4.07. The number of benzene rings is 2. The molecule has 0 saturated carbocycles. The maximum Gasteiger partial charge on any atom is 0.273 e. The largest absolute Gasteiger partial charge is 0.469 e. The first-order valence-corrected chi connectivity index (χ1v) is 8.77. The van der Waals surface area contributed by atoms with Gasteiger partial charge in [0.1, 0.15) is 17.3 Å². The van der Waals surface area contributed by atoms with Gasteiger partial charge in [0.05, 0.1) is 18.4 Å². The lowest BCUT2D eigenvalue weighted by molar-refractivity contribution is -0.120. The molecule has 0 radical (unpaired) electrons. The molecule has 1 aromatic heterocycles. The lowest BCUT2D eigenvalue weighted by Crippen LogP contribution is -2.46. The fourth-order valence-electron chi connectivity index (χ4n) is 2.42. The topological polar surface area (TPSA) is 110 Å². The van der Waals surface area contributed by atoms with Crippen molar-refractivity contribution in [2.45, 2.75) is 6.92 Å². The Morgan fingerprint density at radius 1 is 0.862 bits per heavy atom. The van der Waals surface area contributed by atoms with Crippen LogP contribution in [-0.2, 0) is 4.79 Å². The SMILES string of the molecule is Cc1occc1C(=O)NNC(=O)CNC(=O)c1ccc(Oc2ccccc2)cc1. The van der Waals surface area contributed by atoms with Crippen LogP contribution in [0.2, 0.25) is 0 Å². The molecule has 3 aromatic rings. The summed E-state index contributed by atoms with van der Waals surface area (Å²) in [7, 11) is 0. The van der Waals surface area contributed by atoms with Gasteiger partial charge in [0, 0.05) is 5.56 Å². The minimum absolute atomic E-state index is 0.300. The monoisotopic (exact) mass is 393 g/mol. The summed E-state index contributed by atoms with van der Waals surface area (Å²) < 4.78 is 10.7. The summed E-state index contributed by atoms with van der Waals surface area (Å²) >= 11 is 0. The molecule has 0 aliphatic heterocycles. The van der Waals surface area contributed by atoms with Crippen LogP contribution in [0.4, 0.5) is 0 Å². The number of aryl methyl sites for hydroxylation is 1. The second-order valence-corrected chi connectivity index (χ2v) is 6.01. The fraction of sp³-hybridized carbons (Fsp3) is 0.0952. The molecular formula is C21H19N3O5. The van der Waals surface area contributed by atoms with Gasteiger partial charge in [0.15, 0.2) is 0 Å². The number of hydrazine groups is 1. The Labute approximate surface area is 166 Å². The molecule has 1 heterocycles. The van der Waals surface area contributed by atoms with E-state index in [1.807, 2.05) is 30.3 Å². The van der Waals surface area contributed by atoms with Gasteiger partial charge in [-0.15, -0.1) is 0 Å². The zero-order chi connectivity index (χ0) is 20.6. The van der Waals surface area contributed by atoms with E-state index in [0.29, 0.717) is 28.4 Å². The third-order valence-electron chi connectivity index (χ3n) is 3.92. The number of hydrogen-bond acceptors (Lipinski definition) is 5. The van der Waals surface area contributed by atoms with Crippen molar-refractivity contribution in [1.29, 1.82) is 0 Å². The van der Waals surface area contributed by atoms with E-state index in [0.717, 1.165) is 0 Å². The van der Waals surface area contributed by atoms with Crippen molar-refractivity contribution in [3.05, 3.63) is 83.8 Å². The highest BCUT2D eigenvalue weighted by Gasteiger charge is 2.13. The van der Waals surface area contributed by atoms with Crippen LogP contribution in [0.15, 0.2) is 71.3 Å². The quantitative estimate of drug-likeness (QED) is 0.558. The number of amides is 3. The van der Waals surface area contributed by atoms with Gasteiger partial charge < -0.3 is 14.5 Å². The van der Waals surface area contributed by atoms with Crippen molar-refractivity contribution < 1.29 is 23.5 Å². The number of carbonyl (C=O) groups is 3. The van der Waals surface area contributed by atoms with Gasteiger partial charge in [-0.25, -0.2) is 0 Å². The number of ether oxygens (including phenoxy) is 1. The van der Waals surface area contributed by atoms with Crippen molar-refractivity contribution in [2.75, 3.05) is 6.54 Å². The lowest BCUT2D eigenvalue weighted by Gasteiger charge is -2.09. The molecule has 8 heteroatoms. The maximum atomic E-state index is 12.2. The van der Waals surface area contributed by atoms with Gasteiger partial charge in [-0.1, -0.05) is 18.2 Å². The number of rotatable bonds is 6. The summed E-state index contributed by atoms with van der Waals surface area (Å²) in [5.74, 6) is 0.201. The van der Waals surface area contributed by atoms with Gasteiger partial charge in [-0.3, -0.25) is 25.2 Å². The molecule has 29 heavy (non-hydrogen) atoms. The van der Waals surface area contributed by atoms with Crippen molar-refractivity contribution in [1.82, 2.24) is 16.2 Å². The number of furan rings is 1. The zero-order valence-corrected chi connectivity index (χ0v) is 15.6. The summed E-state index contributed by atoms with van der Waals surface area (Å²) in [4.78, 5) is 35.8. The first kappa shape index (κ1) is 19.7. The number of para-hydroxylation sites is 1. The minimum Gasteiger partial charge on any atom is -0.469 e. The van der Waals surface area contributed by atoms with E-state index in [-0.39, 0.29) is 6.54 Å². The Morgan fingerprint density at radius 2 is 1.55 bits per heavy atom. The smallest absolute Gasteiger partial charge is 0.273 e. The van der Waals surface area contributed by atoms with Crippen molar-refractivity contribution in [3.63, 3.8) is 0 Å². The van der Waals surface area contributed by atoms with E-state index >= 15 is 0 Å². The second-order valence-electron chi connectivity index (χ2n) is 6.01. The van der Waals surface area contributed by atoms with Crippen LogP contribution in [0.25, 0.3) is 0 Å². The predicted molar refractivity (Wildman–Crippen MR) is 104 cm³/mol. The molecule has 8 nitrogen and oxygen atoms in total. The molecule has 3 N–H and O–H groups in total. The van der Waals surface area contributed by atoms with E-state index in [2.05, 4.69) is 16.2 Å². The molecule has 0 spiro atoms. The van der Waals surface area contributed by atoms with E-state index in [1.54, 1.807) is 31.2 Å². The highest BCUT2D eigenvalue weighted by molar-refractivity contribution is 5.98. The maximum absolute atomic E-state index is 12.2. The summed E-state index contributed by atoms with van der Waals surface area (Å²) in [6.07, 6.45) is 1.38. The van der Waals surface area contributed by atoms with Crippen LogP contribution in [0.1, 0.15) is 26.5 Å². The third-order valence-corrected chi connectivity index (χ3v) is 3.92. The molecule has 0 atom stereocenters. The summed E-state index contributed by atoms with van der Waals surface area (Å²) in [5, 5.41) is 2.48. The lowest BCUT2D eigenvalue weighted by atomic mass is 10.2. The number of nitrogens with one attached hydrogen (secondary N) is 3. The molecular weight excluding hydrogens is 374 g/mol. The standard InChI is InChI=1S/C21H19N3O5/c1-14-18(11-12-28-14)21(27)24-23-19(25)13-22-20(26)15-7-9-17(10-8-15)29-16-5-3-2-4-6-16/h2-12H,13H2,1H3,(H,22,26)(H,23,25)(H,24,27). The highest BCUT2D eigenvalue weighted by Crippen LogP contribution is 2.21. The van der Waals surface area contributed by atoms with Gasteiger partial charge >= 0.3 is 0 Å². The fourth-order valence-corrected chi connectivity index (χ4v) is 2.42. The van der Waals surface area contributed by atoms with Crippen molar-refractivity contribution >= 4 is 17.7 Å². The van der Waals surface area contributed by atoms with Crippen molar-refractivity contribution in [2.24, 2.45) is 0 Å². The molecule has 0 saturated heterocycles. The summed E-state index contributed by atoms with van der Waals surface area (Å²) in [6.45, 7) is 1.33. The van der Waals surface area contributed by atoms with Crippen molar-refractivity contribution in [3.8, 4) is 11.5 Å².